The Bertz CT molecular complexity index is 366. The molecule has 0 aliphatic carbocycles. The van der Waals surface area contributed by atoms with E-state index < -0.39 is 0 Å². The quantitative estimate of drug-likeness (QED) is 0.773. The molecule has 1 saturated heterocycles. The number of carbonyl (C=O) groups excluding carboxylic acids is 1. The largest absolute Gasteiger partial charge is 0.339 e. The predicted octanol–water partition coefficient (Wildman–Crippen LogP) is 3.32. The van der Waals surface area contributed by atoms with E-state index in [-0.39, 0.29) is 5.91 Å². The number of carbonyl (C=O) groups is 1. The number of nitrogens with zero attached hydrogens (tertiary/aromatic N) is 1. The van der Waals surface area contributed by atoms with Gasteiger partial charge in [-0.25, -0.2) is 0 Å². The second-order valence-electron chi connectivity index (χ2n) is 4.48. The van der Waals surface area contributed by atoms with Crippen molar-refractivity contribution in [1.29, 1.82) is 0 Å². The molecule has 0 spiro atoms. The fraction of sp³-hybridized carbons (Fsp3) is 0.462. The third kappa shape index (κ3) is 2.64. The Hall–Kier alpha value is -0.830. The van der Waals surface area contributed by atoms with Crippen LogP contribution in [0.4, 0.5) is 0 Å². The average Bonchev–Trinajstić information content (AvgIpc) is 2.30. The lowest BCUT2D eigenvalue weighted by molar-refractivity contribution is 0.0697. The molecule has 2 nitrogen and oxygen atoms in total. The maximum atomic E-state index is 12.1. The van der Waals surface area contributed by atoms with Crippen molar-refractivity contribution in [1.82, 2.24) is 4.90 Å². The van der Waals surface area contributed by atoms with Crippen LogP contribution in [0.15, 0.2) is 28.7 Å². The van der Waals surface area contributed by atoms with E-state index >= 15 is 0 Å². The van der Waals surface area contributed by atoms with Crippen molar-refractivity contribution < 1.29 is 4.79 Å². The molecular formula is C13H16BrNO. The monoisotopic (exact) mass is 281 g/mol. The van der Waals surface area contributed by atoms with Crippen molar-refractivity contribution in [3.63, 3.8) is 0 Å². The van der Waals surface area contributed by atoms with Gasteiger partial charge in [0.25, 0.3) is 5.91 Å². The van der Waals surface area contributed by atoms with Crippen LogP contribution < -0.4 is 0 Å². The van der Waals surface area contributed by atoms with Crippen LogP contribution in [0.5, 0.6) is 0 Å². The minimum Gasteiger partial charge on any atom is -0.339 e. The summed E-state index contributed by atoms with van der Waals surface area (Å²) in [5.41, 5.74) is 0.790. The molecular weight excluding hydrogens is 266 g/mol. The van der Waals surface area contributed by atoms with Crippen molar-refractivity contribution in [3.8, 4) is 0 Å². The van der Waals surface area contributed by atoms with E-state index in [0.29, 0.717) is 0 Å². The Morgan fingerprint density at radius 1 is 1.25 bits per heavy atom. The molecule has 16 heavy (non-hydrogen) atoms. The lowest BCUT2D eigenvalue weighted by Crippen LogP contribution is -2.37. The third-order valence-corrected chi connectivity index (χ3v) is 3.69. The van der Waals surface area contributed by atoms with Gasteiger partial charge in [-0.05, 0) is 43.0 Å². The summed E-state index contributed by atoms with van der Waals surface area (Å²) in [6.07, 6.45) is 2.25. The van der Waals surface area contributed by atoms with Crippen LogP contribution in [0.1, 0.15) is 30.1 Å². The van der Waals surface area contributed by atoms with Gasteiger partial charge in [0.2, 0.25) is 0 Å². The Labute approximate surface area is 105 Å². The second kappa shape index (κ2) is 5.00. The average molecular weight is 282 g/mol. The summed E-state index contributed by atoms with van der Waals surface area (Å²) in [6.45, 7) is 4.05. The predicted molar refractivity (Wildman–Crippen MR) is 68.4 cm³/mol. The Morgan fingerprint density at radius 3 is 2.38 bits per heavy atom. The van der Waals surface area contributed by atoms with Gasteiger partial charge in [-0.2, -0.15) is 0 Å². The standard InChI is InChI=1S/C13H16BrNO/c1-10-6-8-15(9-7-10)13(16)11-2-4-12(14)5-3-11/h2-5,10H,6-9H2,1H3. The van der Waals surface area contributed by atoms with Crippen molar-refractivity contribution in [2.75, 3.05) is 13.1 Å². The first-order valence-corrected chi connectivity index (χ1v) is 6.51. The second-order valence-corrected chi connectivity index (χ2v) is 5.40. The van der Waals surface area contributed by atoms with Gasteiger partial charge in [-0.15, -0.1) is 0 Å². The fourth-order valence-electron chi connectivity index (χ4n) is 1.99. The van der Waals surface area contributed by atoms with Gasteiger partial charge in [0.05, 0.1) is 0 Å². The normalized spacial score (nSPS) is 17.5. The first-order chi connectivity index (χ1) is 7.66. The molecule has 0 radical (unpaired) electrons. The smallest absolute Gasteiger partial charge is 0.253 e. The van der Waals surface area contributed by atoms with Gasteiger partial charge in [0, 0.05) is 23.1 Å². The number of rotatable bonds is 1. The van der Waals surface area contributed by atoms with E-state index in [0.717, 1.165) is 41.9 Å². The molecule has 0 aromatic heterocycles. The summed E-state index contributed by atoms with van der Waals surface area (Å²) in [6, 6.07) is 7.59. The van der Waals surface area contributed by atoms with E-state index in [2.05, 4.69) is 22.9 Å². The molecule has 1 heterocycles. The minimum atomic E-state index is 0.166. The zero-order valence-corrected chi connectivity index (χ0v) is 11.0. The zero-order chi connectivity index (χ0) is 11.5. The number of likely N-dealkylation sites (tertiary alicyclic amines) is 1. The van der Waals surface area contributed by atoms with Crippen LogP contribution in [0.3, 0.4) is 0 Å². The van der Waals surface area contributed by atoms with Crippen LogP contribution >= 0.6 is 15.9 Å². The zero-order valence-electron chi connectivity index (χ0n) is 9.45. The lowest BCUT2D eigenvalue weighted by Gasteiger charge is -2.30. The molecule has 1 aliphatic heterocycles. The van der Waals surface area contributed by atoms with Crippen molar-refractivity contribution in [3.05, 3.63) is 34.3 Å². The molecule has 0 bridgehead atoms. The third-order valence-electron chi connectivity index (χ3n) is 3.16. The molecule has 3 heteroatoms. The lowest BCUT2D eigenvalue weighted by atomic mass is 9.98. The van der Waals surface area contributed by atoms with Crippen molar-refractivity contribution >= 4 is 21.8 Å². The van der Waals surface area contributed by atoms with Gasteiger partial charge < -0.3 is 4.90 Å². The SMILES string of the molecule is CC1CCN(C(=O)c2ccc(Br)cc2)CC1. The molecule has 86 valence electrons. The summed E-state index contributed by atoms with van der Waals surface area (Å²) in [4.78, 5) is 14.1. The van der Waals surface area contributed by atoms with Crippen LogP contribution in [0.25, 0.3) is 0 Å². The number of hydrogen-bond acceptors (Lipinski definition) is 1. The van der Waals surface area contributed by atoms with E-state index in [1.165, 1.54) is 0 Å². The molecule has 0 unspecified atom stereocenters. The summed E-state index contributed by atoms with van der Waals surface area (Å²) in [5.74, 6) is 0.924. The van der Waals surface area contributed by atoms with Crippen LogP contribution in [0, 0.1) is 5.92 Å². The van der Waals surface area contributed by atoms with E-state index in [1.54, 1.807) is 0 Å². The van der Waals surface area contributed by atoms with Crippen LogP contribution in [-0.2, 0) is 0 Å². The van der Waals surface area contributed by atoms with E-state index in [9.17, 15) is 4.79 Å². The van der Waals surface area contributed by atoms with Gasteiger partial charge >= 0.3 is 0 Å². The van der Waals surface area contributed by atoms with Gasteiger partial charge in [-0.3, -0.25) is 4.79 Å². The molecule has 2 rings (SSSR count). The van der Waals surface area contributed by atoms with Gasteiger partial charge in [0.1, 0.15) is 0 Å². The highest BCUT2D eigenvalue weighted by atomic mass is 79.9. The number of benzene rings is 1. The molecule has 0 N–H and O–H groups in total. The maximum Gasteiger partial charge on any atom is 0.253 e. The number of amides is 1. The fourth-order valence-corrected chi connectivity index (χ4v) is 2.25. The topological polar surface area (TPSA) is 20.3 Å². The van der Waals surface area contributed by atoms with Crippen molar-refractivity contribution in [2.45, 2.75) is 19.8 Å². The summed E-state index contributed by atoms with van der Waals surface area (Å²) in [5, 5.41) is 0. The first-order valence-electron chi connectivity index (χ1n) is 5.71. The van der Waals surface area contributed by atoms with Crippen LogP contribution in [-0.4, -0.2) is 23.9 Å². The van der Waals surface area contributed by atoms with E-state index in [1.807, 2.05) is 29.2 Å². The Morgan fingerprint density at radius 2 is 1.81 bits per heavy atom. The van der Waals surface area contributed by atoms with Crippen molar-refractivity contribution in [2.24, 2.45) is 5.92 Å². The molecule has 1 amide bonds. The Balaban J connectivity index is 2.05. The summed E-state index contributed by atoms with van der Waals surface area (Å²) < 4.78 is 1.01. The molecule has 0 atom stereocenters. The molecule has 0 saturated carbocycles. The highest BCUT2D eigenvalue weighted by molar-refractivity contribution is 9.10. The number of halogens is 1. The molecule has 1 fully saturated rings. The summed E-state index contributed by atoms with van der Waals surface area (Å²) >= 11 is 3.37. The highest BCUT2D eigenvalue weighted by Gasteiger charge is 2.20. The summed E-state index contributed by atoms with van der Waals surface area (Å²) in [7, 11) is 0. The number of piperidine rings is 1. The van der Waals surface area contributed by atoms with E-state index in [4.69, 9.17) is 0 Å². The molecule has 1 aromatic rings. The molecule has 1 aromatic carbocycles. The molecule has 1 aliphatic rings. The first kappa shape index (κ1) is 11.6. The van der Waals surface area contributed by atoms with Gasteiger partial charge in [0.15, 0.2) is 0 Å². The minimum absolute atomic E-state index is 0.166. The van der Waals surface area contributed by atoms with Crippen LogP contribution in [0.2, 0.25) is 0 Å². The van der Waals surface area contributed by atoms with Gasteiger partial charge in [-0.1, -0.05) is 22.9 Å². The number of hydrogen-bond donors (Lipinski definition) is 0. The maximum absolute atomic E-state index is 12.1. The Kier molecular flexibility index (Phi) is 3.64. The highest BCUT2D eigenvalue weighted by Crippen LogP contribution is 2.19.